The number of aryl methyl sites for hydroxylation is 1. The maximum Gasteiger partial charge on any atom is 0.262 e. The minimum atomic E-state index is -0.173. The average Bonchev–Trinajstić information content (AvgIpc) is 2.68. The third kappa shape index (κ3) is 3.36. The molecule has 0 aliphatic carbocycles. The summed E-state index contributed by atoms with van der Waals surface area (Å²) in [6.07, 6.45) is 5.61. The predicted molar refractivity (Wildman–Crippen MR) is 103 cm³/mol. The molecule has 0 atom stereocenters. The smallest absolute Gasteiger partial charge is 0.262 e. The van der Waals surface area contributed by atoms with Crippen molar-refractivity contribution < 1.29 is 4.74 Å². The number of nitrogens with zero attached hydrogens (tertiary/aromatic N) is 3. The van der Waals surface area contributed by atoms with E-state index in [1.165, 1.54) is 5.56 Å². The van der Waals surface area contributed by atoms with Gasteiger partial charge in [-0.1, -0.05) is 42.0 Å². The molecule has 0 radical (unpaired) electrons. The molecule has 4 rings (SSSR count). The Labute approximate surface area is 151 Å². The van der Waals surface area contributed by atoms with Crippen molar-refractivity contribution in [3.8, 4) is 0 Å². The van der Waals surface area contributed by atoms with Crippen LogP contribution in [0.5, 0.6) is 0 Å². The number of aromatic nitrogens is 3. The van der Waals surface area contributed by atoms with Crippen molar-refractivity contribution in [3.63, 3.8) is 0 Å². The second-order valence-corrected chi connectivity index (χ2v) is 6.33. The van der Waals surface area contributed by atoms with Crippen LogP contribution in [0, 0.1) is 6.92 Å². The quantitative estimate of drug-likeness (QED) is 0.788. The van der Waals surface area contributed by atoms with Gasteiger partial charge in [-0.3, -0.25) is 9.78 Å². The third-order valence-electron chi connectivity index (χ3n) is 4.47. The van der Waals surface area contributed by atoms with Crippen molar-refractivity contribution in [1.82, 2.24) is 15.0 Å². The van der Waals surface area contributed by atoms with Crippen molar-refractivity contribution in [2.45, 2.75) is 6.92 Å². The minimum absolute atomic E-state index is 0.173. The van der Waals surface area contributed by atoms with Crippen molar-refractivity contribution in [2.24, 2.45) is 0 Å². The third-order valence-corrected chi connectivity index (χ3v) is 4.47. The summed E-state index contributed by atoms with van der Waals surface area (Å²) in [6.45, 7) is 4.74. The maximum absolute atomic E-state index is 12.7. The lowest BCUT2D eigenvalue weighted by Gasteiger charge is -2.27. The first kappa shape index (κ1) is 16.5. The van der Waals surface area contributed by atoms with E-state index in [1.807, 2.05) is 35.3 Å². The topological polar surface area (TPSA) is 71.1 Å². The molecule has 3 aromatic rings. The molecule has 0 amide bonds. The zero-order chi connectivity index (χ0) is 17.9. The second-order valence-electron chi connectivity index (χ2n) is 6.33. The Hall–Kier alpha value is -2.99. The number of fused-ring (bicyclic) bond motifs is 1. The van der Waals surface area contributed by atoms with Gasteiger partial charge in [0, 0.05) is 19.3 Å². The molecule has 6 nitrogen and oxygen atoms in total. The highest BCUT2D eigenvalue weighted by molar-refractivity contribution is 5.88. The van der Waals surface area contributed by atoms with Crippen LogP contribution < -0.4 is 10.5 Å². The molecule has 1 aromatic carbocycles. The van der Waals surface area contributed by atoms with Gasteiger partial charge in [0.15, 0.2) is 5.65 Å². The van der Waals surface area contributed by atoms with E-state index in [9.17, 15) is 4.79 Å². The number of H-pyrrole nitrogens is 1. The molecule has 1 fully saturated rings. The largest absolute Gasteiger partial charge is 0.378 e. The number of hydrogen-bond donors (Lipinski definition) is 1. The molecule has 0 bridgehead atoms. The Morgan fingerprint density at radius 1 is 1.12 bits per heavy atom. The molecule has 26 heavy (non-hydrogen) atoms. The van der Waals surface area contributed by atoms with E-state index in [1.54, 1.807) is 6.20 Å². The number of rotatable bonds is 3. The minimum Gasteiger partial charge on any atom is -0.378 e. The summed E-state index contributed by atoms with van der Waals surface area (Å²) < 4.78 is 5.35. The van der Waals surface area contributed by atoms with Gasteiger partial charge >= 0.3 is 0 Å². The Kier molecular flexibility index (Phi) is 4.50. The molecule has 132 valence electrons. The number of hydrogen-bond acceptors (Lipinski definition) is 5. The molecule has 6 heteroatoms. The lowest BCUT2D eigenvalue weighted by molar-refractivity contribution is 0.122. The van der Waals surface area contributed by atoms with Crippen LogP contribution in [0.15, 0.2) is 41.3 Å². The van der Waals surface area contributed by atoms with Crippen molar-refractivity contribution in [3.05, 3.63) is 63.6 Å². The lowest BCUT2D eigenvalue weighted by Crippen LogP contribution is -2.38. The summed E-state index contributed by atoms with van der Waals surface area (Å²) in [5.74, 6) is 0.554. The van der Waals surface area contributed by atoms with Crippen molar-refractivity contribution in [2.75, 3.05) is 31.2 Å². The number of aromatic amines is 1. The predicted octanol–water partition coefficient (Wildman–Crippen LogP) is 2.63. The molecular weight excluding hydrogens is 328 g/mol. The van der Waals surface area contributed by atoms with Crippen LogP contribution in [0.2, 0.25) is 0 Å². The van der Waals surface area contributed by atoms with Crippen LogP contribution in [0.25, 0.3) is 23.2 Å². The summed E-state index contributed by atoms with van der Waals surface area (Å²) in [6, 6.07) is 10.1. The van der Waals surface area contributed by atoms with Gasteiger partial charge in [-0.25, -0.2) is 4.98 Å². The molecule has 0 unspecified atom stereocenters. The van der Waals surface area contributed by atoms with Crippen molar-refractivity contribution in [1.29, 1.82) is 0 Å². The van der Waals surface area contributed by atoms with Crippen LogP contribution in [0.4, 0.5) is 5.95 Å². The fraction of sp³-hybridized carbons (Fsp3) is 0.250. The monoisotopic (exact) mass is 348 g/mol. The molecule has 3 heterocycles. The van der Waals surface area contributed by atoms with E-state index in [4.69, 9.17) is 4.74 Å². The zero-order valence-corrected chi connectivity index (χ0v) is 14.6. The number of morpholine rings is 1. The molecule has 1 N–H and O–H groups in total. The van der Waals surface area contributed by atoms with Gasteiger partial charge < -0.3 is 9.64 Å². The molecule has 0 saturated carbocycles. The van der Waals surface area contributed by atoms with Gasteiger partial charge in [-0.05, 0) is 24.1 Å². The van der Waals surface area contributed by atoms with Crippen LogP contribution in [-0.2, 0) is 4.74 Å². The summed E-state index contributed by atoms with van der Waals surface area (Å²) in [4.78, 5) is 26.5. The van der Waals surface area contributed by atoms with Crippen molar-refractivity contribution >= 4 is 29.1 Å². The van der Waals surface area contributed by atoms with E-state index in [-0.39, 0.29) is 5.56 Å². The highest BCUT2D eigenvalue weighted by Crippen LogP contribution is 2.17. The summed E-state index contributed by atoms with van der Waals surface area (Å²) in [5, 5.41) is 0.507. The van der Waals surface area contributed by atoms with Gasteiger partial charge in [0.1, 0.15) is 0 Å². The molecule has 0 spiro atoms. The Morgan fingerprint density at radius 3 is 2.65 bits per heavy atom. The molecule has 1 aliphatic heterocycles. The van der Waals surface area contributed by atoms with Gasteiger partial charge in [0.25, 0.3) is 5.56 Å². The SMILES string of the molecule is Cc1ccc(/C=C/c2ccnc3nc(N4CCOCC4)[nH]c(=O)c23)cc1. The zero-order valence-electron chi connectivity index (χ0n) is 14.6. The first-order valence-electron chi connectivity index (χ1n) is 8.67. The van der Waals surface area contributed by atoms with E-state index in [0.29, 0.717) is 43.3 Å². The fourth-order valence-electron chi connectivity index (χ4n) is 3.00. The van der Waals surface area contributed by atoms with E-state index < -0.39 is 0 Å². The van der Waals surface area contributed by atoms with Gasteiger partial charge in [-0.15, -0.1) is 0 Å². The Morgan fingerprint density at radius 2 is 1.88 bits per heavy atom. The number of nitrogens with one attached hydrogen (secondary N) is 1. The summed E-state index contributed by atoms with van der Waals surface area (Å²) >= 11 is 0. The Balaban J connectivity index is 1.72. The van der Waals surface area contributed by atoms with E-state index in [0.717, 1.165) is 11.1 Å². The van der Waals surface area contributed by atoms with Crippen LogP contribution in [0.3, 0.4) is 0 Å². The molecule has 1 aliphatic rings. The maximum atomic E-state index is 12.7. The fourth-order valence-corrected chi connectivity index (χ4v) is 3.00. The highest BCUT2D eigenvalue weighted by Gasteiger charge is 2.16. The van der Waals surface area contributed by atoms with E-state index in [2.05, 4.69) is 34.0 Å². The lowest BCUT2D eigenvalue weighted by atomic mass is 10.1. The average molecular weight is 348 g/mol. The summed E-state index contributed by atoms with van der Waals surface area (Å²) in [5.41, 5.74) is 3.38. The van der Waals surface area contributed by atoms with Crippen LogP contribution in [-0.4, -0.2) is 41.3 Å². The summed E-state index contributed by atoms with van der Waals surface area (Å²) in [7, 11) is 0. The van der Waals surface area contributed by atoms with Gasteiger partial charge in [0.05, 0.1) is 18.6 Å². The second kappa shape index (κ2) is 7.09. The van der Waals surface area contributed by atoms with Crippen LogP contribution in [0.1, 0.15) is 16.7 Å². The number of pyridine rings is 1. The number of benzene rings is 1. The molecule has 1 saturated heterocycles. The first-order valence-corrected chi connectivity index (χ1v) is 8.67. The normalized spacial score (nSPS) is 15.0. The highest BCUT2D eigenvalue weighted by atomic mass is 16.5. The van der Waals surface area contributed by atoms with Crippen LogP contribution >= 0.6 is 0 Å². The van der Waals surface area contributed by atoms with E-state index >= 15 is 0 Å². The number of anilines is 1. The molecule has 2 aromatic heterocycles. The van der Waals surface area contributed by atoms with Gasteiger partial charge in [-0.2, -0.15) is 4.98 Å². The van der Waals surface area contributed by atoms with Gasteiger partial charge in [0.2, 0.25) is 5.95 Å². The standard InChI is InChI=1S/C20H20N4O2/c1-14-2-4-15(5-3-14)6-7-16-8-9-21-18-17(16)19(25)23-20(22-18)24-10-12-26-13-11-24/h2-9H,10-13H2,1H3,(H,21,22,23,25)/b7-6+. The first-order chi connectivity index (χ1) is 12.7. The number of ether oxygens (including phenoxy) is 1. The molecular formula is C20H20N4O2. The Bertz CT molecular complexity index is 1000.